The Bertz CT molecular complexity index is 320. The Morgan fingerprint density at radius 1 is 1.06 bits per heavy atom. The molecule has 0 aliphatic carbocycles. The monoisotopic (exact) mass is 263 g/mol. The molecule has 104 valence electrons. The third-order valence-corrected chi connectivity index (χ3v) is 6.02. The molecule has 0 fully saturated rings. The molecule has 0 heterocycles. The van der Waals surface area contributed by atoms with Crippen molar-refractivity contribution in [1.29, 1.82) is 0 Å². The van der Waals surface area contributed by atoms with Crippen molar-refractivity contribution >= 4 is 9.84 Å². The van der Waals surface area contributed by atoms with Gasteiger partial charge in [0.25, 0.3) is 0 Å². The molecule has 0 saturated carbocycles. The predicted molar refractivity (Wildman–Crippen MR) is 75.0 cm³/mol. The molecule has 0 aliphatic rings. The van der Waals surface area contributed by atoms with Gasteiger partial charge in [0.15, 0.2) is 9.84 Å². The van der Waals surface area contributed by atoms with Gasteiger partial charge in [-0.05, 0) is 38.6 Å². The highest BCUT2D eigenvalue weighted by Gasteiger charge is 2.28. The van der Waals surface area contributed by atoms with Crippen LogP contribution in [0.15, 0.2) is 0 Å². The summed E-state index contributed by atoms with van der Waals surface area (Å²) in [6.07, 6.45) is 0. The van der Waals surface area contributed by atoms with Gasteiger partial charge in [0, 0.05) is 6.54 Å². The van der Waals surface area contributed by atoms with E-state index < -0.39 is 14.6 Å². The third-order valence-electron chi connectivity index (χ3n) is 3.41. The highest BCUT2D eigenvalue weighted by Crippen LogP contribution is 2.24. The Hall–Kier alpha value is -0.0900. The fraction of sp³-hybridized carbons (Fsp3) is 1.00. The number of hydrogen-bond acceptors (Lipinski definition) is 3. The van der Waals surface area contributed by atoms with Gasteiger partial charge in [-0.1, -0.05) is 27.7 Å². The summed E-state index contributed by atoms with van der Waals surface area (Å²) in [5.74, 6) is 0.743. The summed E-state index contributed by atoms with van der Waals surface area (Å²) in [6, 6.07) is 0. The lowest BCUT2D eigenvalue weighted by Gasteiger charge is -2.27. The molecular weight excluding hydrogens is 234 g/mol. The zero-order chi connectivity index (χ0) is 13.9. The van der Waals surface area contributed by atoms with Crippen molar-refractivity contribution in [3.05, 3.63) is 0 Å². The quantitative estimate of drug-likeness (QED) is 0.775. The van der Waals surface area contributed by atoms with Crippen molar-refractivity contribution in [2.75, 3.05) is 18.8 Å². The molecule has 0 saturated heterocycles. The maximum atomic E-state index is 11.9. The number of rotatable bonds is 5. The van der Waals surface area contributed by atoms with Crippen LogP contribution in [0.25, 0.3) is 0 Å². The van der Waals surface area contributed by atoms with Crippen molar-refractivity contribution in [2.45, 2.75) is 53.2 Å². The van der Waals surface area contributed by atoms with E-state index in [9.17, 15) is 8.42 Å². The van der Waals surface area contributed by atoms with Gasteiger partial charge >= 0.3 is 0 Å². The van der Waals surface area contributed by atoms with E-state index in [1.54, 1.807) is 20.8 Å². The molecule has 0 aromatic rings. The molecule has 0 aromatic heterocycles. The van der Waals surface area contributed by atoms with Crippen LogP contribution in [0.4, 0.5) is 0 Å². The van der Waals surface area contributed by atoms with Crippen LogP contribution in [0.5, 0.6) is 0 Å². The van der Waals surface area contributed by atoms with E-state index in [-0.39, 0.29) is 11.2 Å². The minimum atomic E-state index is -2.99. The van der Waals surface area contributed by atoms with E-state index in [1.807, 2.05) is 0 Å². The van der Waals surface area contributed by atoms with Gasteiger partial charge in [-0.25, -0.2) is 8.42 Å². The van der Waals surface area contributed by atoms with Crippen LogP contribution in [0.2, 0.25) is 0 Å². The second-order valence-electron chi connectivity index (χ2n) is 6.90. The average Bonchev–Trinajstić information content (AvgIpc) is 2.08. The van der Waals surface area contributed by atoms with Crippen LogP contribution in [0.3, 0.4) is 0 Å². The highest BCUT2D eigenvalue weighted by atomic mass is 32.2. The number of nitrogens with one attached hydrogen (secondary N) is 1. The Kier molecular flexibility index (Phi) is 5.67. The maximum Gasteiger partial charge on any atom is 0.156 e. The molecule has 0 amide bonds. The average molecular weight is 263 g/mol. The minimum absolute atomic E-state index is 0.216. The molecule has 4 heteroatoms. The fourth-order valence-corrected chi connectivity index (χ4v) is 2.16. The SMILES string of the molecule is CC(CNCCS(=O)(=O)C(C)(C)C)C(C)(C)C. The number of sulfone groups is 1. The first-order valence-corrected chi connectivity index (χ1v) is 7.96. The van der Waals surface area contributed by atoms with Gasteiger partial charge in [-0.3, -0.25) is 0 Å². The van der Waals surface area contributed by atoms with E-state index in [4.69, 9.17) is 0 Å². The topological polar surface area (TPSA) is 46.2 Å². The van der Waals surface area contributed by atoms with Crippen molar-refractivity contribution < 1.29 is 8.42 Å². The molecule has 1 atom stereocenters. The fourth-order valence-electron chi connectivity index (χ4n) is 1.14. The van der Waals surface area contributed by atoms with E-state index >= 15 is 0 Å². The lowest BCUT2D eigenvalue weighted by atomic mass is 9.82. The molecule has 17 heavy (non-hydrogen) atoms. The number of hydrogen-bond donors (Lipinski definition) is 1. The van der Waals surface area contributed by atoms with E-state index in [2.05, 4.69) is 33.0 Å². The first-order chi connectivity index (χ1) is 7.38. The highest BCUT2D eigenvalue weighted by molar-refractivity contribution is 7.92. The summed E-state index contributed by atoms with van der Waals surface area (Å²) in [6.45, 7) is 15.4. The van der Waals surface area contributed by atoms with Crippen LogP contribution in [-0.2, 0) is 9.84 Å². The second kappa shape index (κ2) is 5.70. The van der Waals surface area contributed by atoms with Crippen LogP contribution >= 0.6 is 0 Å². The lowest BCUT2D eigenvalue weighted by molar-refractivity contribution is 0.254. The van der Waals surface area contributed by atoms with E-state index in [1.165, 1.54) is 0 Å². The Labute approximate surface area is 107 Å². The van der Waals surface area contributed by atoms with Crippen LogP contribution in [0.1, 0.15) is 48.5 Å². The molecule has 0 rings (SSSR count). The molecule has 1 N–H and O–H groups in total. The summed E-state index contributed by atoms with van der Waals surface area (Å²) in [7, 11) is -2.99. The van der Waals surface area contributed by atoms with Gasteiger partial charge in [-0.2, -0.15) is 0 Å². The molecule has 0 spiro atoms. The zero-order valence-corrected chi connectivity index (χ0v) is 13.2. The molecule has 0 aromatic carbocycles. The molecular formula is C13H29NO2S. The van der Waals surface area contributed by atoms with Crippen LogP contribution in [0, 0.1) is 11.3 Å². The van der Waals surface area contributed by atoms with Crippen molar-refractivity contribution in [1.82, 2.24) is 5.32 Å². The zero-order valence-electron chi connectivity index (χ0n) is 12.4. The van der Waals surface area contributed by atoms with Crippen molar-refractivity contribution in [2.24, 2.45) is 11.3 Å². The first kappa shape index (κ1) is 16.9. The van der Waals surface area contributed by atoms with Gasteiger partial charge in [-0.15, -0.1) is 0 Å². The third kappa shape index (κ3) is 5.87. The Morgan fingerprint density at radius 3 is 1.88 bits per heavy atom. The van der Waals surface area contributed by atoms with Crippen LogP contribution < -0.4 is 5.32 Å². The second-order valence-corrected chi connectivity index (χ2v) is 9.76. The maximum absolute atomic E-state index is 11.9. The van der Waals surface area contributed by atoms with Gasteiger partial charge < -0.3 is 5.32 Å². The standard InChI is InChI=1S/C13H29NO2S/c1-11(12(2,3)4)10-14-8-9-17(15,16)13(5,6)7/h11,14H,8-10H2,1-7H3. The van der Waals surface area contributed by atoms with Gasteiger partial charge in [0.1, 0.15) is 0 Å². The summed E-state index contributed by atoms with van der Waals surface area (Å²) < 4.78 is 23.1. The Morgan fingerprint density at radius 2 is 1.53 bits per heavy atom. The smallest absolute Gasteiger partial charge is 0.156 e. The lowest BCUT2D eigenvalue weighted by Crippen LogP contribution is -2.37. The summed E-state index contributed by atoms with van der Waals surface area (Å²) in [5.41, 5.74) is 0.260. The Balaban J connectivity index is 4.04. The summed E-state index contributed by atoms with van der Waals surface area (Å²) in [5, 5.41) is 3.24. The molecule has 0 aliphatic heterocycles. The van der Waals surface area contributed by atoms with Gasteiger partial charge in [0.05, 0.1) is 10.5 Å². The van der Waals surface area contributed by atoms with E-state index in [0.717, 1.165) is 6.54 Å². The van der Waals surface area contributed by atoms with Gasteiger partial charge in [0.2, 0.25) is 0 Å². The van der Waals surface area contributed by atoms with Crippen molar-refractivity contribution in [3.63, 3.8) is 0 Å². The summed E-state index contributed by atoms with van der Waals surface area (Å²) >= 11 is 0. The van der Waals surface area contributed by atoms with Crippen LogP contribution in [-0.4, -0.2) is 32.0 Å². The largest absolute Gasteiger partial charge is 0.315 e. The van der Waals surface area contributed by atoms with Crippen molar-refractivity contribution in [3.8, 4) is 0 Å². The minimum Gasteiger partial charge on any atom is -0.315 e. The van der Waals surface area contributed by atoms with E-state index in [0.29, 0.717) is 12.5 Å². The molecule has 1 unspecified atom stereocenters. The summed E-state index contributed by atoms with van der Waals surface area (Å²) in [4.78, 5) is 0. The molecule has 0 bridgehead atoms. The first-order valence-electron chi connectivity index (χ1n) is 6.31. The molecule has 3 nitrogen and oxygen atoms in total. The predicted octanol–water partition coefficient (Wildman–Crippen LogP) is 2.47. The molecule has 0 radical (unpaired) electrons. The normalized spacial score (nSPS) is 15.9.